The van der Waals surface area contributed by atoms with Gasteiger partial charge in [0, 0.05) is 6.54 Å². The van der Waals surface area contributed by atoms with Gasteiger partial charge in [-0.15, -0.1) is 0 Å². The second-order valence-corrected chi connectivity index (χ2v) is 10.9. The van der Waals surface area contributed by atoms with Gasteiger partial charge in [0.15, 0.2) is 6.10 Å². The molecule has 0 radical (unpaired) electrons. The number of imide groups is 1. The lowest BCUT2D eigenvalue weighted by molar-refractivity contribution is -0.154. The van der Waals surface area contributed by atoms with Crippen LogP contribution in [-0.4, -0.2) is 49.6 Å². The van der Waals surface area contributed by atoms with Crippen LogP contribution in [0.3, 0.4) is 0 Å². The van der Waals surface area contributed by atoms with Gasteiger partial charge in [-0.2, -0.15) is 21.6 Å². The van der Waals surface area contributed by atoms with Crippen LogP contribution in [0.25, 0.3) is 0 Å². The fraction of sp³-hybridized carbons (Fsp3) is 0.300. The molecule has 0 heterocycles. The Labute approximate surface area is 252 Å². The van der Waals surface area contributed by atoms with Gasteiger partial charge >= 0.3 is 33.8 Å². The van der Waals surface area contributed by atoms with Crippen LogP contribution in [0.4, 0.5) is 22.8 Å². The molecule has 10 nitrogen and oxygen atoms in total. The summed E-state index contributed by atoms with van der Waals surface area (Å²) in [5.41, 5.74) is -3.96. The summed E-state index contributed by atoms with van der Waals surface area (Å²) >= 11 is 0. The number of nitrogens with zero attached hydrogens (tertiary/aromatic N) is 1. The van der Waals surface area contributed by atoms with E-state index in [1.54, 1.807) is 91.0 Å². The summed E-state index contributed by atoms with van der Waals surface area (Å²) in [6.45, 7) is -0.958. The predicted molar refractivity (Wildman–Crippen MR) is 150 cm³/mol. The lowest BCUT2D eigenvalue weighted by atomic mass is 10.1. The van der Waals surface area contributed by atoms with Crippen molar-refractivity contribution in [2.24, 2.45) is 0 Å². The fourth-order valence-electron chi connectivity index (χ4n) is 3.69. The third-order valence-electron chi connectivity index (χ3n) is 5.96. The highest BCUT2D eigenvalue weighted by Gasteiger charge is 2.49. The number of carbonyl (C=O) groups excluding carboxylic acids is 3. The van der Waals surface area contributed by atoms with Gasteiger partial charge in [0.2, 0.25) is 0 Å². The first-order valence-corrected chi connectivity index (χ1v) is 14.8. The van der Waals surface area contributed by atoms with Gasteiger partial charge in [-0.1, -0.05) is 91.0 Å². The van der Waals surface area contributed by atoms with Gasteiger partial charge in [0.1, 0.15) is 19.8 Å². The van der Waals surface area contributed by atoms with Gasteiger partial charge in [-0.25, -0.2) is 23.5 Å². The monoisotopic (exact) mass is 637 g/mol. The minimum atomic E-state index is -6.13. The quantitative estimate of drug-likeness (QED) is 0.0677. The second kappa shape index (κ2) is 16.4. The molecule has 3 aromatic rings. The molecule has 0 spiro atoms. The van der Waals surface area contributed by atoms with Gasteiger partial charge in [0.25, 0.3) is 0 Å². The summed E-state index contributed by atoms with van der Waals surface area (Å²) in [5, 5.41) is 0. The molecule has 0 aliphatic carbocycles. The van der Waals surface area contributed by atoms with Crippen molar-refractivity contribution in [2.75, 3.05) is 6.54 Å². The number of amides is 2. The molecule has 0 N–H and O–H groups in total. The van der Waals surface area contributed by atoms with Crippen molar-refractivity contribution in [2.45, 2.75) is 50.7 Å². The first-order chi connectivity index (χ1) is 21.0. The van der Waals surface area contributed by atoms with Crippen LogP contribution in [-0.2, 0) is 53.1 Å². The Balaban J connectivity index is 1.64. The van der Waals surface area contributed by atoms with Crippen LogP contribution in [0.15, 0.2) is 91.0 Å². The van der Waals surface area contributed by atoms with Crippen LogP contribution in [0, 0.1) is 0 Å². The molecule has 0 unspecified atom stereocenters. The van der Waals surface area contributed by atoms with Crippen molar-refractivity contribution < 1.29 is 54.4 Å². The molecule has 0 aromatic heterocycles. The second-order valence-electron chi connectivity index (χ2n) is 9.31. The minimum absolute atomic E-state index is 0.0707. The topological polar surface area (TPSA) is 126 Å². The maximum Gasteiger partial charge on any atom is 0.523 e. The van der Waals surface area contributed by atoms with Crippen LogP contribution >= 0.6 is 0 Å². The number of alkyl halides is 3. The lowest BCUT2D eigenvalue weighted by Gasteiger charge is -2.21. The molecule has 2 amide bonds. The average molecular weight is 638 g/mol. The number of hydrogen-bond donors (Lipinski definition) is 0. The van der Waals surface area contributed by atoms with Gasteiger partial charge < -0.3 is 14.2 Å². The summed E-state index contributed by atoms with van der Waals surface area (Å²) in [5.74, 6) is -1.33. The number of carbonyl (C=O) groups is 3. The molecule has 3 rings (SSSR count). The van der Waals surface area contributed by atoms with E-state index in [-0.39, 0.29) is 39.2 Å². The lowest BCUT2D eigenvalue weighted by Crippen LogP contribution is -2.39. The molecule has 0 aliphatic heterocycles. The Kier molecular flexibility index (Phi) is 12.7. The van der Waals surface area contributed by atoms with E-state index in [1.165, 1.54) is 0 Å². The molecule has 0 bridgehead atoms. The van der Waals surface area contributed by atoms with E-state index in [2.05, 4.69) is 4.18 Å². The Bertz CT molecular complexity index is 1400. The van der Waals surface area contributed by atoms with Crippen molar-refractivity contribution >= 4 is 28.3 Å². The largest absolute Gasteiger partial charge is 0.523 e. The van der Waals surface area contributed by atoms with Crippen LogP contribution in [0.1, 0.15) is 36.0 Å². The summed E-state index contributed by atoms with van der Waals surface area (Å²) in [6.07, 6.45) is -4.96. The van der Waals surface area contributed by atoms with Crippen molar-refractivity contribution in [3.05, 3.63) is 108 Å². The number of hydrogen-bond acceptors (Lipinski definition) is 9. The molecule has 14 heteroatoms. The van der Waals surface area contributed by atoms with E-state index < -0.39 is 46.3 Å². The number of halogens is 3. The normalized spacial score (nSPS) is 12.2. The highest BCUT2D eigenvalue weighted by molar-refractivity contribution is 7.87. The first kappa shape index (κ1) is 34.1. The van der Waals surface area contributed by atoms with Crippen molar-refractivity contribution in [3.8, 4) is 0 Å². The average Bonchev–Trinajstić information content (AvgIpc) is 3.01. The molecule has 236 valence electrons. The fourth-order valence-corrected chi connectivity index (χ4v) is 4.28. The minimum Gasteiger partial charge on any atom is -0.459 e. The molecule has 1 atom stereocenters. The standard InChI is InChI=1S/C30H30F3NO9S/c31-30(32,33)44(38,39)43-26(27(35)40-20-23-12-4-1-5-13-23)18-10-11-19-34(28(36)41-21-24-14-6-2-7-15-24)29(37)42-22-25-16-8-3-9-17-25/h1-9,12-17,26H,10-11,18-22H2/t26-/m1/s1. The molecular weight excluding hydrogens is 607 g/mol. The molecule has 0 saturated heterocycles. The number of rotatable bonds is 14. The molecule has 3 aromatic carbocycles. The summed E-state index contributed by atoms with van der Waals surface area (Å²) < 4.78 is 82.0. The molecule has 0 saturated carbocycles. The summed E-state index contributed by atoms with van der Waals surface area (Å²) in [6, 6.07) is 25.5. The van der Waals surface area contributed by atoms with E-state index in [4.69, 9.17) is 14.2 Å². The maximum atomic E-state index is 13.0. The Morgan fingerprint density at radius 1 is 0.659 bits per heavy atom. The van der Waals surface area contributed by atoms with Crippen LogP contribution in [0.5, 0.6) is 0 Å². The Hall–Kier alpha value is -4.43. The van der Waals surface area contributed by atoms with Crippen molar-refractivity contribution in [3.63, 3.8) is 0 Å². The van der Waals surface area contributed by atoms with Crippen molar-refractivity contribution in [1.29, 1.82) is 0 Å². The zero-order chi connectivity index (χ0) is 32.0. The Morgan fingerprint density at radius 3 is 1.48 bits per heavy atom. The molecule has 0 aliphatic rings. The first-order valence-electron chi connectivity index (χ1n) is 13.4. The molecule has 44 heavy (non-hydrogen) atoms. The highest BCUT2D eigenvalue weighted by atomic mass is 32.2. The van der Waals surface area contributed by atoms with E-state index in [0.29, 0.717) is 21.6 Å². The van der Waals surface area contributed by atoms with E-state index in [1.807, 2.05) is 0 Å². The smallest absolute Gasteiger partial charge is 0.459 e. The summed E-state index contributed by atoms with van der Waals surface area (Å²) in [7, 11) is -6.13. The van der Waals surface area contributed by atoms with Gasteiger partial charge in [-0.05, 0) is 36.0 Å². The van der Waals surface area contributed by atoms with Crippen LogP contribution in [0.2, 0.25) is 0 Å². The van der Waals surface area contributed by atoms with E-state index in [0.717, 1.165) is 0 Å². The molecule has 0 fully saturated rings. The van der Waals surface area contributed by atoms with Gasteiger partial charge in [0.05, 0.1) is 0 Å². The predicted octanol–water partition coefficient (Wildman–Crippen LogP) is 6.11. The summed E-state index contributed by atoms with van der Waals surface area (Å²) in [4.78, 5) is 38.9. The van der Waals surface area contributed by atoms with E-state index in [9.17, 15) is 36.0 Å². The number of ether oxygens (including phenoxy) is 3. The zero-order valence-electron chi connectivity index (χ0n) is 23.4. The third-order valence-corrected chi connectivity index (χ3v) is 7.01. The third kappa shape index (κ3) is 11.0. The highest BCUT2D eigenvalue weighted by Crippen LogP contribution is 2.27. The van der Waals surface area contributed by atoms with Crippen LogP contribution < -0.4 is 0 Å². The van der Waals surface area contributed by atoms with Crippen molar-refractivity contribution in [1.82, 2.24) is 4.90 Å². The Morgan fingerprint density at radius 2 is 1.07 bits per heavy atom. The number of benzene rings is 3. The SMILES string of the molecule is O=C(OCc1ccccc1)[C@@H](CCCCN(C(=O)OCc1ccccc1)C(=O)OCc1ccccc1)OS(=O)(=O)C(F)(F)F. The zero-order valence-corrected chi connectivity index (χ0v) is 24.2. The molecular formula is C30H30F3NO9S. The van der Waals surface area contributed by atoms with Gasteiger partial charge in [-0.3, -0.25) is 0 Å². The van der Waals surface area contributed by atoms with E-state index >= 15 is 0 Å². The number of esters is 1. The number of unbranched alkanes of at least 4 members (excludes halogenated alkanes) is 1. The maximum absolute atomic E-state index is 13.0.